The molecule has 5 nitrogen and oxygen atoms in total. The van der Waals surface area contributed by atoms with Crippen molar-refractivity contribution >= 4 is 11.7 Å². The maximum Gasteiger partial charge on any atom is 0.406 e. The van der Waals surface area contributed by atoms with Gasteiger partial charge in [-0.1, -0.05) is 19.0 Å². The summed E-state index contributed by atoms with van der Waals surface area (Å²) in [5.74, 6) is -0.845. The first kappa shape index (κ1) is 16.6. The van der Waals surface area contributed by atoms with Crippen LogP contribution in [-0.2, 0) is 4.79 Å². The van der Waals surface area contributed by atoms with Crippen LogP contribution in [0, 0.1) is 11.3 Å². The zero-order valence-corrected chi connectivity index (χ0v) is 11.6. The summed E-state index contributed by atoms with van der Waals surface area (Å²) in [6.07, 6.45) is -3.45. The highest BCUT2D eigenvalue weighted by atomic mass is 19.4. The Balaban J connectivity index is 2.97. The summed E-state index contributed by atoms with van der Waals surface area (Å²) in [5.41, 5.74) is 4.26. The number of carbonyl (C=O) groups is 1. The molecule has 0 unspecified atom stereocenters. The largest absolute Gasteiger partial charge is 0.409 e. The normalized spacial score (nSPS) is 27.1. The average molecular weight is 295 g/mol. The lowest BCUT2D eigenvalue weighted by Gasteiger charge is -2.46. The van der Waals surface area contributed by atoms with Crippen LogP contribution in [-0.4, -0.2) is 41.1 Å². The van der Waals surface area contributed by atoms with Crippen molar-refractivity contribution in [3.05, 3.63) is 0 Å². The van der Waals surface area contributed by atoms with Gasteiger partial charge in [0.05, 0.1) is 0 Å². The number of hydrogen-bond acceptors (Lipinski definition) is 3. The molecule has 20 heavy (non-hydrogen) atoms. The molecular formula is C12H20F3N3O2. The van der Waals surface area contributed by atoms with Gasteiger partial charge in [0.2, 0.25) is 5.91 Å². The summed E-state index contributed by atoms with van der Waals surface area (Å²) in [4.78, 5) is 13.2. The van der Waals surface area contributed by atoms with Gasteiger partial charge in [-0.05, 0) is 25.2 Å². The Bertz CT molecular complexity index is 390. The van der Waals surface area contributed by atoms with Crippen LogP contribution < -0.4 is 5.73 Å². The second-order valence-corrected chi connectivity index (χ2v) is 5.42. The zero-order valence-electron chi connectivity index (χ0n) is 11.6. The van der Waals surface area contributed by atoms with Crippen LogP contribution in [0.1, 0.15) is 33.1 Å². The third-order valence-electron chi connectivity index (χ3n) is 3.55. The Hall–Kier alpha value is -1.47. The first-order chi connectivity index (χ1) is 9.16. The number of amides is 1. The fourth-order valence-electron chi connectivity index (χ4n) is 2.76. The van der Waals surface area contributed by atoms with Gasteiger partial charge in [0.25, 0.3) is 0 Å². The van der Waals surface area contributed by atoms with E-state index in [1.807, 2.05) is 6.92 Å². The minimum absolute atomic E-state index is 0.00676. The molecule has 1 aliphatic rings. The standard InChI is InChI=1S/C12H20F3N3O2/c1-3-4-18(7-12(13,14)15)10(19)11(9(16)17-20)5-8(2)6-11/h8,20H,3-7H2,1-2H3,(H2,16,17). The van der Waals surface area contributed by atoms with Crippen molar-refractivity contribution in [1.82, 2.24) is 4.90 Å². The third-order valence-corrected chi connectivity index (χ3v) is 3.55. The van der Waals surface area contributed by atoms with Gasteiger partial charge in [-0.25, -0.2) is 0 Å². The van der Waals surface area contributed by atoms with Crippen LogP contribution in [0.4, 0.5) is 13.2 Å². The topological polar surface area (TPSA) is 78.9 Å². The van der Waals surface area contributed by atoms with Gasteiger partial charge in [0, 0.05) is 6.54 Å². The van der Waals surface area contributed by atoms with Crippen LogP contribution in [0.3, 0.4) is 0 Å². The van der Waals surface area contributed by atoms with E-state index in [9.17, 15) is 18.0 Å². The maximum atomic E-state index is 12.6. The van der Waals surface area contributed by atoms with Crippen LogP contribution in [0.25, 0.3) is 0 Å². The number of oxime groups is 1. The van der Waals surface area contributed by atoms with Gasteiger partial charge in [0.1, 0.15) is 12.0 Å². The first-order valence-electron chi connectivity index (χ1n) is 6.50. The van der Waals surface area contributed by atoms with Gasteiger partial charge >= 0.3 is 6.18 Å². The predicted octanol–water partition coefficient (Wildman–Crippen LogP) is 1.95. The number of nitrogens with zero attached hydrogens (tertiary/aromatic N) is 2. The summed E-state index contributed by atoms with van der Waals surface area (Å²) >= 11 is 0. The van der Waals surface area contributed by atoms with E-state index in [1.165, 1.54) is 0 Å². The molecular weight excluding hydrogens is 275 g/mol. The molecule has 1 aliphatic carbocycles. The van der Waals surface area contributed by atoms with E-state index in [1.54, 1.807) is 6.92 Å². The molecule has 1 fully saturated rings. The van der Waals surface area contributed by atoms with Crippen molar-refractivity contribution in [3.63, 3.8) is 0 Å². The molecule has 0 saturated heterocycles. The minimum Gasteiger partial charge on any atom is -0.409 e. The van der Waals surface area contributed by atoms with Crippen LogP contribution in [0.15, 0.2) is 5.16 Å². The Morgan fingerprint density at radius 2 is 2.05 bits per heavy atom. The lowest BCUT2D eigenvalue weighted by molar-refractivity contribution is -0.169. The summed E-state index contributed by atoms with van der Waals surface area (Å²) in [5, 5.41) is 11.6. The Morgan fingerprint density at radius 1 is 1.50 bits per heavy atom. The molecule has 0 spiro atoms. The quantitative estimate of drug-likeness (QED) is 0.352. The van der Waals surface area contributed by atoms with Crippen molar-refractivity contribution in [2.75, 3.05) is 13.1 Å². The second kappa shape index (κ2) is 5.88. The first-order valence-corrected chi connectivity index (χ1v) is 6.50. The van der Waals surface area contributed by atoms with E-state index in [-0.39, 0.29) is 18.3 Å². The number of carbonyl (C=O) groups excluding carboxylic acids is 1. The van der Waals surface area contributed by atoms with Gasteiger partial charge in [0.15, 0.2) is 5.84 Å². The lowest BCUT2D eigenvalue weighted by Crippen LogP contribution is -2.59. The molecule has 0 aromatic heterocycles. The third kappa shape index (κ3) is 3.34. The Labute approximate surface area is 115 Å². The van der Waals surface area contributed by atoms with Crippen molar-refractivity contribution < 1.29 is 23.2 Å². The van der Waals surface area contributed by atoms with Crippen molar-refractivity contribution in [2.24, 2.45) is 22.2 Å². The molecule has 0 heterocycles. The molecule has 0 aliphatic heterocycles. The molecule has 1 rings (SSSR count). The fourth-order valence-corrected chi connectivity index (χ4v) is 2.76. The number of rotatable bonds is 5. The summed E-state index contributed by atoms with van der Waals surface area (Å²) < 4.78 is 37.7. The van der Waals surface area contributed by atoms with Crippen LogP contribution >= 0.6 is 0 Å². The molecule has 116 valence electrons. The van der Waals surface area contributed by atoms with Crippen molar-refractivity contribution in [3.8, 4) is 0 Å². The molecule has 3 N–H and O–H groups in total. The zero-order chi connectivity index (χ0) is 15.6. The number of halogens is 3. The van der Waals surface area contributed by atoms with Crippen molar-refractivity contribution in [2.45, 2.75) is 39.3 Å². The highest BCUT2D eigenvalue weighted by Crippen LogP contribution is 2.47. The monoisotopic (exact) mass is 295 g/mol. The molecule has 1 saturated carbocycles. The Morgan fingerprint density at radius 3 is 2.40 bits per heavy atom. The molecule has 0 aromatic carbocycles. The van der Waals surface area contributed by atoms with Gasteiger partial charge in [-0.15, -0.1) is 0 Å². The van der Waals surface area contributed by atoms with E-state index in [4.69, 9.17) is 10.9 Å². The van der Waals surface area contributed by atoms with Gasteiger partial charge < -0.3 is 15.8 Å². The molecule has 1 amide bonds. The fraction of sp³-hybridized carbons (Fsp3) is 0.833. The second-order valence-electron chi connectivity index (χ2n) is 5.42. The summed E-state index contributed by atoms with van der Waals surface area (Å²) in [7, 11) is 0. The van der Waals surface area contributed by atoms with Gasteiger partial charge in [-0.2, -0.15) is 13.2 Å². The Kier molecular flexibility index (Phi) is 4.88. The molecule has 0 atom stereocenters. The number of amidine groups is 1. The molecule has 0 radical (unpaired) electrons. The lowest BCUT2D eigenvalue weighted by atomic mass is 9.61. The highest BCUT2D eigenvalue weighted by molar-refractivity contribution is 6.07. The van der Waals surface area contributed by atoms with E-state index in [0.29, 0.717) is 19.3 Å². The summed E-state index contributed by atoms with van der Waals surface area (Å²) in [6.45, 7) is 2.24. The van der Waals surface area contributed by atoms with E-state index in [0.717, 1.165) is 4.90 Å². The van der Waals surface area contributed by atoms with E-state index >= 15 is 0 Å². The van der Waals surface area contributed by atoms with E-state index < -0.39 is 24.0 Å². The number of nitrogens with two attached hydrogens (primary N) is 1. The average Bonchev–Trinajstić information content (AvgIpc) is 2.30. The van der Waals surface area contributed by atoms with Gasteiger partial charge in [-0.3, -0.25) is 4.79 Å². The number of alkyl halides is 3. The SMILES string of the molecule is CCCN(CC(F)(F)F)C(=O)C1(C(N)=NO)CC(C)C1. The number of hydrogen-bond donors (Lipinski definition) is 2. The predicted molar refractivity (Wildman–Crippen MR) is 67.2 cm³/mol. The van der Waals surface area contributed by atoms with Crippen LogP contribution in [0.5, 0.6) is 0 Å². The maximum absolute atomic E-state index is 12.6. The highest BCUT2D eigenvalue weighted by Gasteiger charge is 2.54. The molecule has 0 aromatic rings. The van der Waals surface area contributed by atoms with Crippen molar-refractivity contribution in [1.29, 1.82) is 0 Å². The molecule has 8 heteroatoms. The smallest absolute Gasteiger partial charge is 0.406 e. The van der Waals surface area contributed by atoms with E-state index in [2.05, 4.69) is 5.16 Å². The molecule has 0 bridgehead atoms. The minimum atomic E-state index is -4.47. The summed E-state index contributed by atoms with van der Waals surface area (Å²) in [6, 6.07) is 0. The van der Waals surface area contributed by atoms with Crippen LogP contribution in [0.2, 0.25) is 0 Å².